The summed E-state index contributed by atoms with van der Waals surface area (Å²) in [5, 5.41) is 9.71. The molecule has 1 aromatic carbocycles. The number of carbonyl (C=O) groups is 2. The standard InChI is InChI=1S/C12H16O3S.C3H6O2/c1-8-5-9(3-4-11(13)15-2)6-10(7-16)12(8)14;1-3(4)5-2/h5-6,14,16H,3-4,7H2,1-2H3;1-2H3. The number of phenols is 1. The predicted octanol–water partition coefficient (Wildman–Crippen LogP) is 2.42. The van der Waals surface area contributed by atoms with E-state index in [2.05, 4.69) is 22.1 Å². The Morgan fingerprint density at radius 3 is 2.24 bits per heavy atom. The number of methoxy groups -OCH3 is 2. The Labute approximate surface area is 130 Å². The van der Waals surface area contributed by atoms with Crippen LogP contribution in [0.2, 0.25) is 0 Å². The van der Waals surface area contributed by atoms with E-state index in [-0.39, 0.29) is 17.7 Å². The van der Waals surface area contributed by atoms with Crippen LogP contribution >= 0.6 is 12.6 Å². The van der Waals surface area contributed by atoms with Crippen molar-refractivity contribution in [3.8, 4) is 5.75 Å². The van der Waals surface area contributed by atoms with Crippen molar-refractivity contribution in [1.82, 2.24) is 0 Å². The summed E-state index contributed by atoms with van der Waals surface area (Å²) in [6.07, 6.45) is 0.974. The SMILES string of the molecule is COC(=O)CCc1cc(C)c(O)c(CS)c1.COC(C)=O. The summed E-state index contributed by atoms with van der Waals surface area (Å²) in [6.45, 7) is 3.20. The molecule has 0 radical (unpaired) electrons. The summed E-state index contributed by atoms with van der Waals surface area (Å²) in [5.74, 6) is 0.304. The minimum atomic E-state index is -0.245. The molecule has 118 valence electrons. The summed E-state index contributed by atoms with van der Waals surface area (Å²) < 4.78 is 8.69. The molecule has 0 saturated carbocycles. The fourth-order valence-corrected chi connectivity index (χ4v) is 1.79. The fraction of sp³-hybridized carbons (Fsp3) is 0.467. The number of rotatable bonds is 4. The number of carbonyl (C=O) groups excluding carboxylic acids is 2. The minimum absolute atomic E-state index is 0.224. The molecule has 0 aromatic heterocycles. The number of benzene rings is 1. The third-order valence-corrected chi connectivity index (χ3v) is 3.08. The minimum Gasteiger partial charge on any atom is -0.507 e. The molecule has 1 N–H and O–H groups in total. The molecule has 0 fully saturated rings. The highest BCUT2D eigenvalue weighted by Gasteiger charge is 2.07. The van der Waals surface area contributed by atoms with Crippen molar-refractivity contribution in [1.29, 1.82) is 0 Å². The first kappa shape index (κ1) is 19.3. The number of esters is 2. The van der Waals surface area contributed by atoms with Gasteiger partial charge in [-0.25, -0.2) is 0 Å². The first-order valence-electron chi connectivity index (χ1n) is 6.39. The third-order valence-electron chi connectivity index (χ3n) is 2.74. The van der Waals surface area contributed by atoms with Gasteiger partial charge < -0.3 is 14.6 Å². The summed E-state index contributed by atoms with van der Waals surface area (Å²) in [6, 6.07) is 3.75. The summed E-state index contributed by atoms with van der Waals surface area (Å²) >= 11 is 4.15. The predicted molar refractivity (Wildman–Crippen MR) is 83.6 cm³/mol. The van der Waals surface area contributed by atoms with Crippen molar-refractivity contribution in [2.24, 2.45) is 0 Å². The number of ether oxygens (including phenoxy) is 2. The van der Waals surface area contributed by atoms with E-state index >= 15 is 0 Å². The average molecular weight is 314 g/mol. The number of aryl methyl sites for hydroxylation is 2. The van der Waals surface area contributed by atoms with Crippen LogP contribution in [0.4, 0.5) is 0 Å². The lowest BCUT2D eigenvalue weighted by atomic mass is 10.0. The van der Waals surface area contributed by atoms with Gasteiger partial charge in [0, 0.05) is 24.7 Å². The van der Waals surface area contributed by atoms with Crippen LogP contribution in [0.1, 0.15) is 30.0 Å². The van der Waals surface area contributed by atoms with Crippen molar-refractivity contribution in [3.05, 3.63) is 28.8 Å². The van der Waals surface area contributed by atoms with E-state index in [0.29, 0.717) is 18.6 Å². The van der Waals surface area contributed by atoms with Gasteiger partial charge in [-0.3, -0.25) is 9.59 Å². The Balaban J connectivity index is 0.000000690. The van der Waals surface area contributed by atoms with Crippen LogP contribution in [-0.4, -0.2) is 31.3 Å². The second-order valence-electron chi connectivity index (χ2n) is 4.35. The number of hydrogen-bond acceptors (Lipinski definition) is 6. The van der Waals surface area contributed by atoms with Crippen molar-refractivity contribution in [3.63, 3.8) is 0 Å². The molecule has 1 aromatic rings. The number of hydrogen-bond donors (Lipinski definition) is 2. The highest BCUT2D eigenvalue weighted by Crippen LogP contribution is 2.25. The molecule has 0 saturated heterocycles. The second kappa shape index (κ2) is 10.1. The molecule has 0 aliphatic rings. The molecule has 1 rings (SSSR count). The molecule has 0 heterocycles. The lowest BCUT2D eigenvalue weighted by molar-refractivity contribution is -0.140. The first-order valence-corrected chi connectivity index (χ1v) is 7.02. The number of phenolic OH excluding ortho intramolecular Hbond substituents is 1. The second-order valence-corrected chi connectivity index (χ2v) is 4.67. The van der Waals surface area contributed by atoms with Crippen LogP contribution in [0.5, 0.6) is 5.75 Å². The highest BCUT2D eigenvalue weighted by molar-refractivity contribution is 7.79. The van der Waals surface area contributed by atoms with Gasteiger partial charge in [-0.2, -0.15) is 12.6 Å². The van der Waals surface area contributed by atoms with Gasteiger partial charge in [0.1, 0.15) is 5.75 Å². The maximum atomic E-state index is 11.0. The molecule has 0 spiro atoms. The Bertz CT molecular complexity index is 485. The van der Waals surface area contributed by atoms with Gasteiger partial charge in [0.25, 0.3) is 0 Å². The summed E-state index contributed by atoms with van der Waals surface area (Å²) in [5.41, 5.74) is 2.62. The molecular formula is C15H22O5S. The largest absolute Gasteiger partial charge is 0.507 e. The van der Waals surface area contributed by atoms with E-state index < -0.39 is 0 Å². The normalized spacial score (nSPS) is 9.38. The molecule has 6 heteroatoms. The summed E-state index contributed by atoms with van der Waals surface area (Å²) in [4.78, 5) is 20.6. The van der Waals surface area contributed by atoms with E-state index in [9.17, 15) is 14.7 Å². The molecule has 21 heavy (non-hydrogen) atoms. The van der Waals surface area contributed by atoms with Gasteiger partial charge >= 0.3 is 11.9 Å². The van der Waals surface area contributed by atoms with E-state index in [1.165, 1.54) is 21.1 Å². The number of aromatic hydroxyl groups is 1. The zero-order valence-corrected chi connectivity index (χ0v) is 13.7. The average Bonchev–Trinajstić information content (AvgIpc) is 2.48. The highest BCUT2D eigenvalue weighted by atomic mass is 32.1. The third kappa shape index (κ3) is 7.60. The number of thiol groups is 1. The zero-order valence-electron chi connectivity index (χ0n) is 12.8. The Hall–Kier alpha value is -1.69. The molecule has 5 nitrogen and oxygen atoms in total. The van der Waals surface area contributed by atoms with Crippen LogP contribution in [-0.2, 0) is 31.2 Å². The van der Waals surface area contributed by atoms with E-state index in [4.69, 9.17) is 0 Å². The van der Waals surface area contributed by atoms with Crippen LogP contribution in [0, 0.1) is 6.92 Å². The zero-order chi connectivity index (χ0) is 16.4. The van der Waals surface area contributed by atoms with Crippen LogP contribution in [0.15, 0.2) is 12.1 Å². The smallest absolute Gasteiger partial charge is 0.305 e. The quantitative estimate of drug-likeness (QED) is 0.659. The molecule has 0 atom stereocenters. The van der Waals surface area contributed by atoms with Crippen molar-refractivity contribution < 1.29 is 24.2 Å². The summed E-state index contributed by atoms with van der Waals surface area (Å²) in [7, 11) is 2.73. The maximum Gasteiger partial charge on any atom is 0.305 e. The van der Waals surface area contributed by atoms with Crippen molar-refractivity contribution >= 4 is 24.6 Å². The van der Waals surface area contributed by atoms with Crippen molar-refractivity contribution in [2.45, 2.75) is 32.4 Å². The Morgan fingerprint density at radius 1 is 1.24 bits per heavy atom. The van der Waals surface area contributed by atoms with Crippen molar-refractivity contribution in [2.75, 3.05) is 14.2 Å². The molecule has 0 unspecified atom stereocenters. The van der Waals surface area contributed by atoms with Gasteiger partial charge in [-0.1, -0.05) is 12.1 Å². The maximum absolute atomic E-state index is 11.0. The fourth-order valence-electron chi connectivity index (χ4n) is 1.55. The first-order chi connectivity index (χ1) is 9.85. The molecule has 0 amide bonds. The molecular weight excluding hydrogens is 292 g/mol. The van der Waals surface area contributed by atoms with Crippen LogP contribution in [0.25, 0.3) is 0 Å². The van der Waals surface area contributed by atoms with Gasteiger partial charge in [0.05, 0.1) is 14.2 Å². The van der Waals surface area contributed by atoms with Crippen LogP contribution < -0.4 is 0 Å². The lowest BCUT2D eigenvalue weighted by Crippen LogP contribution is -2.02. The Kier molecular flexibility index (Phi) is 9.28. The van der Waals surface area contributed by atoms with Gasteiger partial charge in [-0.05, 0) is 24.5 Å². The van der Waals surface area contributed by atoms with E-state index in [1.807, 2.05) is 19.1 Å². The topological polar surface area (TPSA) is 72.8 Å². The van der Waals surface area contributed by atoms with Gasteiger partial charge in [0.15, 0.2) is 0 Å². The lowest BCUT2D eigenvalue weighted by Gasteiger charge is -2.08. The van der Waals surface area contributed by atoms with E-state index in [1.54, 1.807) is 0 Å². The molecule has 0 aliphatic heterocycles. The molecule has 0 bridgehead atoms. The Morgan fingerprint density at radius 2 is 1.81 bits per heavy atom. The van der Waals surface area contributed by atoms with Crippen LogP contribution in [0.3, 0.4) is 0 Å². The monoisotopic (exact) mass is 314 g/mol. The molecule has 0 aliphatic carbocycles. The van der Waals surface area contributed by atoms with Gasteiger partial charge in [-0.15, -0.1) is 0 Å². The van der Waals surface area contributed by atoms with Gasteiger partial charge in [0.2, 0.25) is 0 Å². The van der Waals surface area contributed by atoms with E-state index in [0.717, 1.165) is 16.7 Å².